The maximum Gasteiger partial charge on any atom is 0.0963 e. The fraction of sp³-hybridized carbons (Fsp3) is 0.154. The molecule has 0 saturated carbocycles. The summed E-state index contributed by atoms with van der Waals surface area (Å²) in [6.07, 6.45) is 5.41. The quantitative estimate of drug-likeness (QED) is 0.637. The fourth-order valence-corrected chi connectivity index (χ4v) is 2.14. The monoisotopic (exact) mass is 224 g/mol. The summed E-state index contributed by atoms with van der Waals surface area (Å²) in [5, 5.41) is 5.60. The van der Waals surface area contributed by atoms with Gasteiger partial charge in [-0.2, -0.15) is 5.10 Å². The molecule has 0 radical (unpaired) electrons. The molecule has 3 aromatic rings. The number of pyridine rings is 2. The van der Waals surface area contributed by atoms with Crippen molar-refractivity contribution in [1.29, 1.82) is 0 Å². The predicted molar refractivity (Wildman–Crippen MR) is 66.5 cm³/mol. The van der Waals surface area contributed by atoms with E-state index in [0.29, 0.717) is 0 Å². The Morgan fingerprint density at radius 2 is 2.06 bits per heavy atom. The second-order valence-corrected chi connectivity index (χ2v) is 4.00. The number of nitrogens with zero attached hydrogens (tertiary/aromatic N) is 4. The molecule has 0 unspecified atom stereocenters. The Kier molecular flexibility index (Phi) is 2.14. The Morgan fingerprint density at radius 3 is 2.82 bits per heavy atom. The van der Waals surface area contributed by atoms with Crippen LogP contribution in [0.25, 0.3) is 22.2 Å². The maximum absolute atomic E-state index is 4.50. The number of aromatic nitrogens is 4. The highest BCUT2D eigenvalue weighted by Crippen LogP contribution is 2.28. The Morgan fingerprint density at radius 1 is 1.18 bits per heavy atom. The number of aryl methyl sites for hydroxylation is 2. The van der Waals surface area contributed by atoms with Crippen LogP contribution in [0.1, 0.15) is 5.69 Å². The first kappa shape index (κ1) is 9.96. The molecule has 0 fully saturated rings. The molecule has 0 aliphatic carbocycles. The molecule has 84 valence electrons. The van der Waals surface area contributed by atoms with Gasteiger partial charge in [0.1, 0.15) is 0 Å². The van der Waals surface area contributed by atoms with Gasteiger partial charge < -0.3 is 0 Å². The van der Waals surface area contributed by atoms with E-state index in [9.17, 15) is 0 Å². The van der Waals surface area contributed by atoms with E-state index < -0.39 is 0 Å². The summed E-state index contributed by atoms with van der Waals surface area (Å²) in [5.41, 5.74) is 4.10. The normalized spacial score (nSPS) is 10.9. The standard InChI is InChI=1S/C13H12N4/c1-9-12-11(5-7-15-9)16-17(2)13(12)10-4-3-6-14-8-10/h3-8H,1-2H3. The van der Waals surface area contributed by atoms with Gasteiger partial charge in [-0.3, -0.25) is 14.6 Å². The molecule has 17 heavy (non-hydrogen) atoms. The zero-order valence-corrected chi connectivity index (χ0v) is 9.75. The average Bonchev–Trinajstić information content (AvgIpc) is 2.68. The Labute approximate surface area is 98.9 Å². The van der Waals surface area contributed by atoms with E-state index in [1.165, 1.54) is 0 Å². The predicted octanol–water partition coefficient (Wildman–Crippen LogP) is 2.34. The molecule has 4 nitrogen and oxygen atoms in total. The Balaban J connectivity index is 2.40. The minimum absolute atomic E-state index is 0.971. The van der Waals surface area contributed by atoms with Crippen LogP contribution in [0.5, 0.6) is 0 Å². The van der Waals surface area contributed by atoms with Gasteiger partial charge in [-0.1, -0.05) is 0 Å². The largest absolute Gasteiger partial charge is 0.267 e. The van der Waals surface area contributed by atoms with E-state index in [1.807, 2.05) is 43.0 Å². The molecule has 0 atom stereocenters. The highest BCUT2D eigenvalue weighted by atomic mass is 15.3. The molecule has 0 aromatic carbocycles. The molecule has 4 heteroatoms. The second-order valence-electron chi connectivity index (χ2n) is 4.00. The van der Waals surface area contributed by atoms with Gasteiger partial charge in [0.2, 0.25) is 0 Å². The molecule has 3 rings (SSSR count). The van der Waals surface area contributed by atoms with Crippen LogP contribution < -0.4 is 0 Å². The van der Waals surface area contributed by atoms with Crippen molar-refractivity contribution in [2.75, 3.05) is 0 Å². The van der Waals surface area contributed by atoms with E-state index in [4.69, 9.17) is 0 Å². The van der Waals surface area contributed by atoms with Crippen molar-refractivity contribution in [1.82, 2.24) is 19.7 Å². The summed E-state index contributed by atoms with van der Waals surface area (Å²) in [5.74, 6) is 0. The van der Waals surface area contributed by atoms with Crippen molar-refractivity contribution < 1.29 is 0 Å². The van der Waals surface area contributed by atoms with Gasteiger partial charge in [-0.15, -0.1) is 0 Å². The molecule has 0 N–H and O–H groups in total. The highest BCUT2D eigenvalue weighted by Gasteiger charge is 2.13. The molecule has 3 aromatic heterocycles. The lowest BCUT2D eigenvalue weighted by Gasteiger charge is -2.03. The van der Waals surface area contributed by atoms with Gasteiger partial charge in [0.05, 0.1) is 11.2 Å². The molecule has 3 heterocycles. The summed E-state index contributed by atoms with van der Waals surface area (Å²) in [6.45, 7) is 2.00. The first-order chi connectivity index (χ1) is 8.27. The van der Waals surface area contributed by atoms with Gasteiger partial charge in [0, 0.05) is 42.3 Å². The van der Waals surface area contributed by atoms with Crippen LogP contribution in [0.4, 0.5) is 0 Å². The minimum Gasteiger partial charge on any atom is -0.267 e. The van der Waals surface area contributed by atoms with Crippen molar-refractivity contribution in [3.63, 3.8) is 0 Å². The molecule has 0 aliphatic rings. The zero-order valence-electron chi connectivity index (χ0n) is 9.75. The van der Waals surface area contributed by atoms with Crippen LogP contribution in [-0.2, 0) is 7.05 Å². The summed E-state index contributed by atoms with van der Waals surface area (Å²) in [4.78, 5) is 8.49. The highest BCUT2D eigenvalue weighted by molar-refractivity contribution is 5.94. The van der Waals surface area contributed by atoms with Crippen LogP contribution in [0.2, 0.25) is 0 Å². The van der Waals surface area contributed by atoms with Gasteiger partial charge in [0.25, 0.3) is 0 Å². The number of fused-ring (bicyclic) bond motifs is 1. The number of hydrogen-bond donors (Lipinski definition) is 0. The third-order valence-electron chi connectivity index (χ3n) is 2.87. The van der Waals surface area contributed by atoms with Crippen molar-refractivity contribution >= 4 is 10.9 Å². The first-order valence-corrected chi connectivity index (χ1v) is 5.46. The molecule has 0 saturated heterocycles. The Bertz CT molecular complexity index is 670. The summed E-state index contributed by atoms with van der Waals surface area (Å²) in [7, 11) is 1.95. The topological polar surface area (TPSA) is 43.6 Å². The van der Waals surface area contributed by atoms with Crippen LogP contribution in [0.3, 0.4) is 0 Å². The van der Waals surface area contributed by atoms with Gasteiger partial charge in [-0.25, -0.2) is 0 Å². The lowest BCUT2D eigenvalue weighted by molar-refractivity contribution is 0.787. The van der Waals surface area contributed by atoms with Gasteiger partial charge in [-0.05, 0) is 25.1 Å². The van der Waals surface area contributed by atoms with Crippen LogP contribution in [0, 0.1) is 6.92 Å². The second kappa shape index (κ2) is 3.66. The number of rotatable bonds is 1. The molecular weight excluding hydrogens is 212 g/mol. The molecule has 0 aliphatic heterocycles. The van der Waals surface area contributed by atoms with E-state index in [2.05, 4.69) is 15.1 Å². The van der Waals surface area contributed by atoms with Crippen molar-refractivity contribution in [2.45, 2.75) is 6.92 Å². The third kappa shape index (κ3) is 1.49. The number of hydrogen-bond acceptors (Lipinski definition) is 3. The van der Waals surface area contributed by atoms with Crippen molar-refractivity contribution in [2.24, 2.45) is 7.05 Å². The molecular formula is C13H12N4. The van der Waals surface area contributed by atoms with E-state index >= 15 is 0 Å². The first-order valence-electron chi connectivity index (χ1n) is 5.46. The van der Waals surface area contributed by atoms with Crippen LogP contribution in [-0.4, -0.2) is 19.7 Å². The van der Waals surface area contributed by atoms with Crippen LogP contribution in [0.15, 0.2) is 36.8 Å². The summed E-state index contributed by atoms with van der Waals surface area (Å²) >= 11 is 0. The summed E-state index contributed by atoms with van der Waals surface area (Å²) < 4.78 is 1.89. The fourth-order valence-electron chi connectivity index (χ4n) is 2.14. The Hall–Kier alpha value is -2.23. The van der Waals surface area contributed by atoms with Crippen molar-refractivity contribution in [3.8, 4) is 11.3 Å². The van der Waals surface area contributed by atoms with Gasteiger partial charge >= 0.3 is 0 Å². The lowest BCUT2D eigenvalue weighted by atomic mass is 10.1. The van der Waals surface area contributed by atoms with Crippen LogP contribution >= 0.6 is 0 Å². The average molecular weight is 224 g/mol. The molecule has 0 amide bonds. The van der Waals surface area contributed by atoms with E-state index in [0.717, 1.165) is 27.9 Å². The van der Waals surface area contributed by atoms with Crippen molar-refractivity contribution in [3.05, 3.63) is 42.5 Å². The smallest absolute Gasteiger partial charge is 0.0963 e. The molecule has 0 bridgehead atoms. The minimum atomic E-state index is 0.971. The lowest BCUT2D eigenvalue weighted by Crippen LogP contribution is -1.94. The zero-order chi connectivity index (χ0) is 11.8. The van der Waals surface area contributed by atoms with E-state index in [1.54, 1.807) is 12.4 Å². The maximum atomic E-state index is 4.50. The SMILES string of the molecule is Cc1nccc2nn(C)c(-c3cccnc3)c12. The van der Waals surface area contributed by atoms with Gasteiger partial charge in [0.15, 0.2) is 0 Å². The molecule has 0 spiro atoms. The third-order valence-corrected chi connectivity index (χ3v) is 2.87. The van der Waals surface area contributed by atoms with E-state index in [-0.39, 0.29) is 0 Å². The summed E-state index contributed by atoms with van der Waals surface area (Å²) in [6, 6.07) is 5.90.